The van der Waals surface area contributed by atoms with E-state index in [-0.39, 0.29) is 0 Å². The normalized spacial score (nSPS) is 26.7. The maximum absolute atomic E-state index is 5.92. The van der Waals surface area contributed by atoms with Crippen LogP contribution in [-0.4, -0.2) is 6.04 Å². The first-order valence-corrected chi connectivity index (χ1v) is 5.64. The van der Waals surface area contributed by atoms with Gasteiger partial charge in [0.25, 0.3) is 0 Å². The minimum atomic E-state index is 0.436. The van der Waals surface area contributed by atoms with Crippen molar-refractivity contribution in [3.63, 3.8) is 0 Å². The molecule has 0 saturated heterocycles. The van der Waals surface area contributed by atoms with Crippen LogP contribution in [0.3, 0.4) is 0 Å². The Morgan fingerprint density at radius 3 is 2.43 bits per heavy atom. The lowest BCUT2D eigenvalue weighted by Crippen LogP contribution is -2.14. The molecule has 2 rings (SSSR count). The van der Waals surface area contributed by atoms with Gasteiger partial charge in [-0.3, -0.25) is 0 Å². The summed E-state index contributed by atoms with van der Waals surface area (Å²) in [6.45, 7) is 2.19. The molecule has 0 radical (unpaired) electrons. The molecule has 0 unspecified atom stereocenters. The summed E-state index contributed by atoms with van der Waals surface area (Å²) < 4.78 is 0. The fourth-order valence-electron chi connectivity index (χ4n) is 2.34. The number of benzene rings is 1. The summed E-state index contributed by atoms with van der Waals surface area (Å²) in [6.07, 6.45) is 4.77. The van der Waals surface area contributed by atoms with Crippen LogP contribution in [0, 0.1) is 0 Å². The Morgan fingerprint density at radius 1 is 1.21 bits per heavy atom. The molecular weight excluding hydrogens is 170 g/mol. The molecular formula is C13H19N. The largest absolute Gasteiger partial charge is 0.328 e. The average molecular weight is 189 g/mol. The molecule has 0 aliphatic heterocycles. The van der Waals surface area contributed by atoms with Crippen molar-refractivity contribution in [1.29, 1.82) is 0 Å². The molecule has 76 valence electrons. The molecule has 0 amide bonds. The third kappa shape index (κ3) is 1.98. The van der Waals surface area contributed by atoms with Crippen molar-refractivity contribution in [1.82, 2.24) is 0 Å². The number of hydrogen-bond acceptors (Lipinski definition) is 1. The van der Waals surface area contributed by atoms with Crippen molar-refractivity contribution in [3.8, 4) is 0 Å². The van der Waals surface area contributed by atoms with Gasteiger partial charge in [-0.2, -0.15) is 0 Å². The highest BCUT2D eigenvalue weighted by molar-refractivity contribution is 5.26. The van der Waals surface area contributed by atoms with Gasteiger partial charge in [-0.05, 0) is 42.7 Å². The predicted molar refractivity (Wildman–Crippen MR) is 60.4 cm³/mol. The van der Waals surface area contributed by atoms with Gasteiger partial charge in [0.15, 0.2) is 0 Å². The molecule has 1 fully saturated rings. The molecule has 0 heterocycles. The topological polar surface area (TPSA) is 26.0 Å². The molecule has 1 aromatic rings. The molecule has 2 N–H and O–H groups in total. The van der Waals surface area contributed by atoms with E-state index in [0.29, 0.717) is 6.04 Å². The highest BCUT2D eigenvalue weighted by atomic mass is 14.6. The van der Waals surface area contributed by atoms with E-state index in [0.717, 1.165) is 12.3 Å². The van der Waals surface area contributed by atoms with Gasteiger partial charge in [0.2, 0.25) is 0 Å². The predicted octanol–water partition coefficient (Wildman–Crippen LogP) is 2.84. The maximum Gasteiger partial charge on any atom is 0.00448 e. The van der Waals surface area contributed by atoms with E-state index in [4.69, 9.17) is 5.73 Å². The van der Waals surface area contributed by atoms with E-state index >= 15 is 0 Å². The van der Waals surface area contributed by atoms with Crippen molar-refractivity contribution < 1.29 is 0 Å². The van der Waals surface area contributed by atoms with Crippen molar-refractivity contribution >= 4 is 0 Å². The molecule has 1 nitrogen and oxygen atoms in total. The van der Waals surface area contributed by atoms with Crippen molar-refractivity contribution in [2.75, 3.05) is 0 Å². The van der Waals surface area contributed by atoms with Crippen molar-refractivity contribution in [2.45, 2.75) is 44.6 Å². The maximum atomic E-state index is 5.92. The lowest BCUT2D eigenvalue weighted by molar-refractivity contribution is 0.674. The van der Waals surface area contributed by atoms with Crippen LogP contribution in [0.5, 0.6) is 0 Å². The number of aryl methyl sites for hydroxylation is 1. The van der Waals surface area contributed by atoms with Crippen LogP contribution in [0.4, 0.5) is 0 Å². The second-order valence-electron chi connectivity index (χ2n) is 4.37. The molecule has 0 bridgehead atoms. The first kappa shape index (κ1) is 9.72. The molecule has 0 spiro atoms. The number of hydrogen-bond donors (Lipinski definition) is 1. The molecule has 0 aromatic heterocycles. The lowest BCUT2D eigenvalue weighted by Gasteiger charge is -2.10. The standard InChI is InChI=1S/C13H19N/c1-2-10-3-5-11(6-4-10)12-7-8-13(14)9-12/h3-6,12-13H,2,7-9,14H2,1H3/t12-,13+/m1/s1. The first-order valence-electron chi connectivity index (χ1n) is 5.64. The monoisotopic (exact) mass is 189 g/mol. The zero-order valence-electron chi connectivity index (χ0n) is 8.87. The number of nitrogens with two attached hydrogens (primary N) is 1. The highest BCUT2D eigenvalue weighted by Gasteiger charge is 2.22. The first-order chi connectivity index (χ1) is 6.79. The van der Waals surface area contributed by atoms with E-state index in [1.54, 1.807) is 0 Å². The molecule has 1 aliphatic rings. The van der Waals surface area contributed by atoms with Crippen LogP contribution in [0.1, 0.15) is 43.2 Å². The Balaban J connectivity index is 2.09. The molecule has 1 aliphatic carbocycles. The van der Waals surface area contributed by atoms with E-state index in [9.17, 15) is 0 Å². The second-order valence-corrected chi connectivity index (χ2v) is 4.37. The summed E-state index contributed by atoms with van der Waals surface area (Å²) >= 11 is 0. The summed E-state index contributed by atoms with van der Waals surface area (Å²) in [7, 11) is 0. The Hall–Kier alpha value is -0.820. The third-order valence-electron chi connectivity index (χ3n) is 3.33. The Kier molecular flexibility index (Phi) is 2.87. The van der Waals surface area contributed by atoms with Gasteiger partial charge in [0, 0.05) is 6.04 Å². The van der Waals surface area contributed by atoms with Crippen LogP contribution in [0.15, 0.2) is 24.3 Å². The Bertz CT molecular complexity index is 289. The quantitative estimate of drug-likeness (QED) is 0.760. The van der Waals surface area contributed by atoms with E-state index in [2.05, 4.69) is 31.2 Å². The summed E-state index contributed by atoms with van der Waals surface area (Å²) in [5, 5.41) is 0. The lowest BCUT2D eigenvalue weighted by atomic mass is 9.96. The fourth-order valence-corrected chi connectivity index (χ4v) is 2.34. The minimum absolute atomic E-state index is 0.436. The van der Waals surface area contributed by atoms with Crippen molar-refractivity contribution in [2.24, 2.45) is 5.73 Å². The van der Waals surface area contributed by atoms with E-state index < -0.39 is 0 Å². The van der Waals surface area contributed by atoms with Gasteiger partial charge in [0.05, 0.1) is 0 Å². The minimum Gasteiger partial charge on any atom is -0.328 e. The Morgan fingerprint density at radius 2 is 1.93 bits per heavy atom. The zero-order valence-corrected chi connectivity index (χ0v) is 8.87. The van der Waals surface area contributed by atoms with Crippen LogP contribution in [0.2, 0.25) is 0 Å². The van der Waals surface area contributed by atoms with Crippen LogP contribution in [-0.2, 0) is 6.42 Å². The van der Waals surface area contributed by atoms with E-state index in [1.165, 1.54) is 30.4 Å². The Labute approximate surface area is 86.3 Å². The summed E-state index contributed by atoms with van der Waals surface area (Å²) in [5.41, 5.74) is 8.83. The van der Waals surface area contributed by atoms with Gasteiger partial charge < -0.3 is 5.73 Å². The zero-order chi connectivity index (χ0) is 9.97. The SMILES string of the molecule is CCc1ccc([C@@H]2CC[C@H](N)C2)cc1. The molecule has 2 atom stereocenters. The molecule has 1 heteroatoms. The average Bonchev–Trinajstić information content (AvgIpc) is 2.65. The van der Waals surface area contributed by atoms with Gasteiger partial charge in [0.1, 0.15) is 0 Å². The van der Waals surface area contributed by atoms with Gasteiger partial charge in [-0.15, -0.1) is 0 Å². The van der Waals surface area contributed by atoms with E-state index in [1.807, 2.05) is 0 Å². The van der Waals surface area contributed by atoms with Crippen LogP contribution >= 0.6 is 0 Å². The van der Waals surface area contributed by atoms with Gasteiger partial charge >= 0.3 is 0 Å². The number of rotatable bonds is 2. The fraction of sp³-hybridized carbons (Fsp3) is 0.538. The van der Waals surface area contributed by atoms with Gasteiger partial charge in [-0.1, -0.05) is 31.2 Å². The molecule has 1 aromatic carbocycles. The molecule has 1 saturated carbocycles. The third-order valence-corrected chi connectivity index (χ3v) is 3.33. The van der Waals surface area contributed by atoms with Crippen LogP contribution < -0.4 is 5.73 Å². The van der Waals surface area contributed by atoms with Gasteiger partial charge in [-0.25, -0.2) is 0 Å². The summed E-state index contributed by atoms with van der Waals surface area (Å²) in [4.78, 5) is 0. The summed E-state index contributed by atoms with van der Waals surface area (Å²) in [6, 6.07) is 9.49. The second kappa shape index (κ2) is 4.14. The summed E-state index contributed by atoms with van der Waals surface area (Å²) in [5.74, 6) is 0.718. The smallest absolute Gasteiger partial charge is 0.00448 e. The highest BCUT2D eigenvalue weighted by Crippen LogP contribution is 2.33. The molecule has 14 heavy (non-hydrogen) atoms. The van der Waals surface area contributed by atoms with Crippen molar-refractivity contribution in [3.05, 3.63) is 35.4 Å². The van der Waals surface area contributed by atoms with Crippen LogP contribution in [0.25, 0.3) is 0 Å².